The Labute approximate surface area is 102 Å². The normalized spacial score (nSPS) is 10.3. The Morgan fingerprint density at radius 2 is 2.11 bits per heavy atom. The first-order chi connectivity index (χ1) is 8.45. The molecule has 0 unspecified atom stereocenters. The van der Waals surface area contributed by atoms with Gasteiger partial charge in [-0.15, -0.1) is 0 Å². The molecule has 0 saturated heterocycles. The van der Waals surface area contributed by atoms with Crippen molar-refractivity contribution >= 4 is 23.6 Å². The van der Waals surface area contributed by atoms with Crippen LogP contribution in [0.5, 0.6) is 0 Å². The summed E-state index contributed by atoms with van der Waals surface area (Å²) in [4.78, 5) is 32.0. The Kier molecular flexibility index (Phi) is 4.14. The lowest BCUT2D eigenvalue weighted by Crippen LogP contribution is -2.07. The number of carbonyl (C=O) groups is 2. The summed E-state index contributed by atoms with van der Waals surface area (Å²) in [6.45, 7) is 0. The van der Waals surface area contributed by atoms with Crippen LogP contribution in [0, 0.1) is 10.1 Å². The summed E-state index contributed by atoms with van der Waals surface area (Å²) in [5.74, 6) is -1.42. The van der Waals surface area contributed by atoms with Crippen molar-refractivity contribution in [3.63, 3.8) is 0 Å². The van der Waals surface area contributed by atoms with E-state index in [0.29, 0.717) is 5.56 Å². The quantitative estimate of drug-likeness (QED) is 0.369. The zero-order valence-electron chi connectivity index (χ0n) is 9.45. The predicted molar refractivity (Wildman–Crippen MR) is 62.7 cm³/mol. The van der Waals surface area contributed by atoms with Crippen LogP contribution in [0.25, 0.3) is 6.08 Å². The number of hydrogen-bond acceptors (Lipinski definition) is 5. The van der Waals surface area contributed by atoms with Gasteiger partial charge in [-0.3, -0.25) is 14.9 Å². The third-order valence-corrected chi connectivity index (χ3v) is 2.08. The molecule has 0 aliphatic carbocycles. The van der Waals surface area contributed by atoms with Crippen LogP contribution in [0.15, 0.2) is 24.3 Å². The van der Waals surface area contributed by atoms with E-state index in [9.17, 15) is 19.7 Å². The van der Waals surface area contributed by atoms with E-state index < -0.39 is 16.8 Å². The van der Waals surface area contributed by atoms with Crippen molar-refractivity contribution in [3.8, 4) is 0 Å². The first kappa shape index (κ1) is 13.4. The summed E-state index contributed by atoms with van der Waals surface area (Å²) in [6.07, 6.45) is 2.34. The van der Waals surface area contributed by atoms with E-state index in [1.54, 1.807) is 0 Å². The van der Waals surface area contributed by atoms with E-state index in [0.717, 1.165) is 19.3 Å². The number of carbonyl (C=O) groups excluding carboxylic acids is 2. The number of non-ortho nitro benzene ring substituents is 1. The molecule has 0 bridgehead atoms. The molecule has 0 aromatic heterocycles. The Bertz CT molecular complexity index is 536. The van der Waals surface area contributed by atoms with Gasteiger partial charge in [0.1, 0.15) is 0 Å². The summed E-state index contributed by atoms with van der Waals surface area (Å²) in [7, 11) is 1.16. The molecule has 18 heavy (non-hydrogen) atoms. The second-order valence-electron chi connectivity index (χ2n) is 3.26. The minimum absolute atomic E-state index is 0.01000. The van der Waals surface area contributed by atoms with Crippen LogP contribution < -0.4 is 5.73 Å². The van der Waals surface area contributed by atoms with Gasteiger partial charge in [0.25, 0.3) is 5.69 Å². The highest BCUT2D eigenvalue weighted by molar-refractivity contribution is 5.97. The number of nitro groups is 1. The van der Waals surface area contributed by atoms with Crippen LogP contribution in [0.4, 0.5) is 5.69 Å². The minimum atomic E-state index is -0.733. The minimum Gasteiger partial charge on any atom is -0.465 e. The van der Waals surface area contributed by atoms with Crippen LogP contribution in [0.1, 0.15) is 15.9 Å². The zero-order valence-corrected chi connectivity index (χ0v) is 9.45. The SMILES string of the molecule is COC(=O)c1cc([N+](=O)[O-])ccc1C=CC(N)=O. The molecule has 0 aliphatic heterocycles. The molecule has 1 aromatic carbocycles. The highest BCUT2D eigenvalue weighted by atomic mass is 16.6. The third kappa shape index (κ3) is 3.14. The molecule has 0 aliphatic rings. The smallest absolute Gasteiger partial charge is 0.338 e. The molecule has 2 N–H and O–H groups in total. The van der Waals surface area contributed by atoms with E-state index in [1.165, 1.54) is 18.2 Å². The third-order valence-electron chi connectivity index (χ3n) is 2.08. The number of rotatable bonds is 4. The maximum Gasteiger partial charge on any atom is 0.338 e. The molecule has 0 atom stereocenters. The van der Waals surface area contributed by atoms with Crippen molar-refractivity contribution < 1.29 is 19.2 Å². The number of nitrogens with two attached hydrogens (primary N) is 1. The van der Waals surface area contributed by atoms with Crippen LogP contribution in [-0.2, 0) is 9.53 Å². The molecular weight excluding hydrogens is 240 g/mol. The molecule has 0 spiro atoms. The summed E-state index contributed by atoms with van der Waals surface area (Å²) in [5, 5.41) is 10.6. The molecule has 1 aromatic rings. The predicted octanol–water partition coefficient (Wildman–Crippen LogP) is 0.880. The van der Waals surface area contributed by atoms with Crippen molar-refractivity contribution in [2.45, 2.75) is 0 Å². The first-order valence-corrected chi connectivity index (χ1v) is 4.80. The molecule has 7 nitrogen and oxygen atoms in total. The Morgan fingerprint density at radius 3 is 2.61 bits per heavy atom. The van der Waals surface area contributed by atoms with Gasteiger partial charge in [-0.25, -0.2) is 4.79 Å². The molecule has 0 radical (unpaired) electrons. The van der Waals surface area contributed by atoms with Crippen molar-refractivity contribution in [1.29, 1.82) is 0 Å². The second kappa shape index (κ2) is 5.58. The molecule has 0 saturated carbocycles. The number of benzene rings is 1. The van der Waals surface area contributed by atoms with Gasteiger partial charge in [0.2, 0.25) is 5.91 Å². The fourth-order valence-electron chi connectivity index (χ4n) is 1.26. The second-order valence-corrected chi connectivity index (χ2v) is 3.26. The number of hydrogen-bond donors (Lipinski definition) is 1. The lowest BCUT2D eigenvalue weighted by Gasteiger charge is -2.03. The van der Waals surface area contributed by atoms with E-state index in [4.69, 9.17) is 5.73 Å². The van der Waals surface area contributed by atoms with Crippen molar-refractivity contribution in [1.82, 2.24) is 0 Å². The Hall–Kier alpha value is -2.70. The maximum absolute atomic E-state index is 11.5. The van der Waals surface area contributed by atoms with Gasteiger partial charge in [0.15, 0.2) is 0 Å². The van der Waals surface area contributed by atoms with Crippen molar-refractivity contribution in [3.05, 3.63) is 45.5 Å². The number of nitrogens with zero attached hydrogens (tertiary/aromatic N) is 1. The number of ether oxygens (including phenoxy) is 1. The molecule has 94 valence electrons. The highest BCUT2D eigenvalue weighted by Gasteiger charge is 2.15. The summed E-state index contributed by atoms with van der Waals surface area (Å²) in [6, 6.07) is 3.63. The Balaban J connectivity index is 3.29. The fourth-order valence-corrected chi connectivity index (χ4v) is 1.26. The van der Waals surface area contributed by atoms with Gasteiger partial charge < -0.3 is 10.5 Å². The van der Waals surface area contributed by atoms with Gasteiger partial charge >= 0.3 is 5.97 Å². The lowest BCUT2D eigenvalue weighted by atomic mass is 10.1. The lowest BCUT2D eigenvalue weighted by molar-refractivity contribution is -0.384. The summed E-state index contributed by atoms with van der Waals surface area (Å²) < 4.78 is 4.51. The summed E-state index contributed by atoms with van der Waals surface area (Å²) in [5.41, 5.74) is 4.98. The van der Waals surface area contributed by atoms with Crippen LogP contribution in [0.3, 0.4) is 0 Å². The van der Waals surface area contributed by atoms with Gasteiger partial charge in [0.05, 0.1) is 17.6 Å². The molecule has 1 amide bonds. The number of esters is 1. The number of primary amides is 1. The topological polar surface area (TPSA) is 113 Å². The number of methoxy groups -OCH3 is 1. The first-order valence-electron chi connectivity index (χ1n) is 4.80. The van der Waals surface area contributed by atoms with Crippen LogP contribution >= 0.6 is 0 Å². The number of nitro benzene ring substituents is 1. The van der Waals surface area contributed by atoms with E-state index in [-0.39, 0.29) is 11.3 Å². The molecule has 0 fully saturated rings. The number of amides is 1. The molecule has 1 rings (SSSR count). The van der Waals surface area contributed by atoms with Crippen molar-refractivity contribution in [2.75, 3.05) is 7.11 Å². The van der Waals surface area contributed by atoms with Gasteiger partial charge in [0, 0.05) is 18.2 Å². The standard InChI is InChI=1S/C11H10N2O5/c1-18-11(15)9-6-8(13(16)17)4-2-7(9)3-5-10(12)14/h2-6H,1H3,(H2,12,14). The molecule has 7 heteroatoms. The summed E-state index contributed by atoms with van der Waals surface area (Å²) >= 11 is 0. The monoisotopic (exact) mass is 250 g/mol. The largest absolute Gasteiger partial charge is 0.465 e. The van der Waals surface area contributed by atoms with Gasteiger partial charge in [-0.2, -0.15) is 0 Å². The van der Waals surface area contributed by atoms with Crippen LogP contribution in [-0.4, -0.2) is 23.9 Å². The van der Waals surface area contributed by atoms with Crippen molar-refractivity contribution in [2.24, 2.45) is 5.73 Å². The highest BCUT2D eigenvalue weighted by Crippen LogP contribution is 2.19. The molecule has 0 heterocycles. The maximum atomic E-state index is 11.5. The zero-order chi connectivity index (χ0) is 13.7. The van der Waals surface area contributed by atoms with Gasteiger partial charge in [-0.05, 0) is 17.7 Å². The van der Waals surface area contributed by atoms with Crippen LogP contribution in [0.2, 0.25) is 0 Å². The Morgan fingerprint density at radius 1 is 1.44 bits per heavy atom. The van der Waals surface area contributed by atoms with E-state index >= 15 is 0 Å². The average molecular weight is 250 g/mol. The average Bonchev–Trinajstić information content (AvgIpc) is 2.34. The van der Waals surface area contributed by atoms with Gasteiger partial charge in [-0.1, -0.05) is 0 Å². The van der Waals surface area contributed by atoms with E-state index in [1.807, 2.05) is 0 Å². The van der Waals surface area contributed by atoms with E-state index in [2.05, 4.69) is 4.74 Å². The molecular formula is C11H10N2O5. The fraction of sp³-hybridized carbons (Fsp3) is 0.0909.